The molecule has 0 aliphatic carbocycles. The smallest absolute Gasteiger partial charge is 0.258 e. The Morgan fingerprint density at radius 1 is 1.50 bits per heavy atom. The van der Waals surface area contributed by atoms with E-state index in [1.165, 1.54) is 16.8 Å². The van der Waals surface area contributed by atoms with E-state index in [0.29, 0.717) is 11.4 Å². The first-order chi connectivity index (χ1) is 8.49. The molecular formula is C10H8Cl2N4O2. The summed E-state index contributed by atoms with van der Waals surface area (Å²) in [7, 11) is 0. The minimum absolute atomic E-state index is 0.138. The summed E-state index contributed by atoms with van der Waals surface area (Å²) in [5.41, 5.74) is 0.697. The lowest BCUT2D eigenvalue weighted by atomic mass is 10.2. The molecule has 1 unspecified atom stereocenters. The lowest BCUT2D eigenvalue weighted by Gasteiger charge is -2.02. The van der Waals surface area contributed by atoms with Gasteiger partial charge in [-0.15, -0.1) is 16.7 Å². The van der Waals surface area contributed by atoms with Crippen LogP contribution in [0.15, 0.2) is 24.4 Å². The Balaban J connectivity index is 2.52. The van der Waals surface area contributed by atoms with Crippen LogP contribution in [0, 0.1) is 10.1 Å². The summed E-state index contributed by atoms with van der Waals surface area (Å²) in [4.78, 5) is 10.4. The van der Waals surface area contributed by atoms with Gasteiger partial charge < -0.3 is 0 Å². The van der Waals surface area contributed by atoms with Gasteiger partial charge in [0.15, 0.2) is 0 Å². The second kappa shape index (κ2) is 4.91. The highest BCUT2D eigenvalue weighted by Gasteiger charge is 2.18. The number of rotatable bonds is 3. The molecule has 0 saturated heterocycles. The van der Waals surface area contributed by atoms with Crippen molar-refractivity contribution in [2.75, 3.05) is 0 Å². The van der Waals surface area contributed by atoms with E-state index in [2.05, 4.69) is 10.3 Å². The number of aromatic nitrogens is 3. The van der Waals surface area contributed by atoms with E-state index in [9.17, 15) is 10.1 Å². The van der Waals surface area contributed by atoms with Gasteiger partial charge in [0, 0.05) is 11.1 Å². The first-order valence-electron chi connectivity index (χ1n) is 4.99. The summed E-state index contributed by atoms with van der Waals surface area (Å²) in [6, 6.07) is 4.33. The van der Waals surface area contributed by atoms with Gasteiger partial charge in [0.1, 0.15) is 11.4 Å². The van der Waals surface area contributed by atoms with Crippen LogP contribution in [0.3, 0.4) is 0 Å². The molecule has 6 nitrogen and oxygen atoms in total. The second-order valence-electron chi connectivity index (χ2n) is 3.59. The van der Waals surface area contributed by atoms with E-state index >= 15 is 0 Å². The molecule has 0 aliphatic rings. The number of nitro benzene ring substituents is 1. The van der Waals surface area contributed by atoms with Crippen molar-refractivity contribution in [3.05, 3.63) is 45.2 Å². The number of hydrogen-bond donors (Lipinski definition) is 0. The highest BCUT2D eigenvalue weighted by Crippen LogP contribution is 2.27. The van der Waals surface area contributed by atoms with Crippen molar-refractivity contribution in [1.29, 1.82) is 0 Å². The molecule has 1 aromatic heterocycles. The van der Waals surface area contributed by atoms with E-state index < -0.39 is 4.92 Å². The molecule has 2 rings (SSSR count). The molecule has 1 aromatic carbocycles. The average molecular weight is 287 g/mol. The molecule has 94 valence electrons. The molecule has 1 heterocycles. The zero-order valence-electron chi connectivity index (χ0n) is 9.25. The molecule has 1 atom stereocenters. The van der Waals surface area contributed by atoms with Crippen LogP contribution in [0.2, 0.25) is 5.02 Å². The van der Waals surface area contributed by atoms with Crippen LogP contribution in [0.4, 0.5) is 5.69 Å². The molecule has 18 heavy (non-hydrogen) atoms. The second-order valence-corrected chi connectivity index (χ2v) is 4.69. The number of nitro groups is 1. The van der Waals surface area contributed by atoms with Crippen molar-refractivity contribution in [2.24, 2.45) is 0 Å². The lowest BCUT2D eigenvalue weighted by molar-refractivity contribution is -0.384. The first kappa shape index (κ1) is 12.8. The molecule has 0 aliphatic heterocycles. The first-order valence-corrected chi connectivity index (χ1v) is 5.81. The molecule has 8 heteroatoms. The van der Waals surface area contributed by atoms with Crippen molar-refractivity contribution in [2.45, 2.75) is 12.3 Å². The fourth-order valence-electron chi connectivity index (χ4n) is 1.41. The quantitative estimate of drug-likeness (QED) is 0.494. The molecule has 0 N–H and O–H groups in total. The summed E-state index contributed by atoms with van der Waals surface area (Å²) in [5.74, 6) is 0. The van der Waals surface area contributed by atoms with Crippen LogP contribution in [0.25, 0.3) is 5.69 Å². The van der Waals surface area contributed by atoms with Crippen molar-refractivity contribution in [3.8, 4) is 5.69 Å². The summed E-state index contributed by atoms with van der Waals surface area (Å²) in [5, 5.41) is 18.6. The Bertz CT molecular complexity index is 597. The van der Waals surface area contributed by atoms with E-state index in [4.69, 9.17) is 23.2 Å². The molecule has 0 spiro atoms. The Kier molecular flexibility index (Phi) is 3.49. The largest absolute Gasteiger partial charge is 0.296 e. The molecule has 0 saturated carbocycles. The van der Waals surface area contributed by atoms with Crippen LogP contribution < -0.4 is 0 Å². The lowest BCUT2D eigenvalue weighted by Crippen LogP contribution is -2.00. The Morgan fingerprint density at radius 3 is 2.78 bits per heavy atom. The average Bonchev–Trinajstić information content (AvgIpc) is 2.78. The minimum atomic E-state index is -0.521. The third-order valence-electron chi connectivity index (χ3n) is 2.30. The zero-order valence-corrected chi connectivity index (χ0v) is 10.8. The van der Waals surface area contributed by atoms with Crippen molar-refractivity contribution in [1.82, 2.24) is 15.0 Å². The van der Waals surface area contributed by atoms with Crippen LogP contribution in [-0.2, 0) is 0 Å². The third-order valence-corrected chi connectivity index (χ3v) is 2.76. The maximum Gasteiger partial charge on any atom is 0.296 e. The number of alkyl halides is 1. The zero-order chi connectivity index (χ0) is 13.3. The standard InChI is InChI=1S/C10H8Cl2N4O2/c1-6(11)8-5-15(14-13-8)9-3-2-7(12)4-10(9)16(17)18/h2-6H,1H3. The van der Waals surface area contributed by atoms with Gasteiger partial charge in [-0.3, -0.25) is 10.1 Å². The number of benzene rings is 1. The van der Waals surface area contributed by atoms with Crippen molar-refractivity contribution < 1.29 is 4.92 Å². The maximum atomic E-state index is 10.9. The summed E-state index contributed by atoms with van der Waals surface area (Å²) >= 11 is 11.6. The van der Waals surface area contributed by atoms with E-state index in [-0.39, 0.29) is 16.1 Å². The van der Waals surface area contributed by atoms with E-state index in [1.54, 1.807) is 19.2 Å². The predicted octanol–water partition coefficient (Wildman–Crippen LogP) is 3.13. The number of nitrogens with zero attached hydrogens (tertiary/aromatic N) is 4. The molecule has 0 radical (unpaired) electrons. The molecule has 0 amide bonds. The molecular weight excluding hydrogens is 279 g/mol. The van der Waals surface area contributed by atoms with Gasteiger partial charge in [0.2, 0.25) is 0 Å². The summed E-state index contributed by atoms with van der Waals surface area (Å²) in [6.07, 6.45) is 1.55. The normalized spacial score (nSPS) is 12.4. The number of halogens is 2. The topological polar surface area (TPSA) is 73.8 Å². The molecule has 2 aromatic rings. The maximum absolute atomic E-state index is 10.9. The van der Waals surface area contributed by atoms with Gasteiger partial charge >= 0.3 is 0 Å². The van der Waals surface area contributed by atoms with E-state index in [0.717, 1.165) is 0 Å². The number of hydrogen-bond acceptors (Lipinski definition) is 4. The molecule has 0 fully saturated rings. The monoisotopic (exact) mass is 286 g/mol. The van der Waals surface area contributed by atoms with Crippen molar-refractivity contribution >= 4 is 28.9 Å². The van der Waals surface area contributed by atoms with Gasteiger partial charge in [0.25, 0.3) is 5.69 Å². The fraction of sp³-hybridized carbons (Fsp3) is 0.200. The van der Waals surface area contributed by atoms with Gasteiger partial charge in [0.05, 0.1) is 16.5 Å². The van der Waals surface area contributed by atoms with Gasteiger partial charge in [-0.05, 0) is 19.1 Å². The molecule has 0 bridgehead atoms. The minimum Gasteiger partial charge on any atom is -0.258 e. The van der Waals surface area contributed by atoms with Gasteiger partial charge in [-0.1, -0.05) is 16.8 Å². The van der Waals surface area contributed by atoms with Gasteiger partial charge in [-0.25, -0.2) is 4.68 Å². The van der Waals surface area contributed by atoms with Crippen LogP contribution >= 0.6 is 23.2 Å². The Morgan fingerprint density at radius 2 is 2.22 bits per heavy atom. The Hall–Kier alpha value is -1.66. The predicted molar refractivity (Wildman–Crippen MR) is 67.3 cm³/mol. The van der Waals surface area contributed by atoms with Crippen LogP contribution in [-0.4, -0.2) is 19.9 Å². The highest BCUT2D eigenvalue weighted by molar-refractivity contribution is 6.30. The van der Waals surface area contributed by atoms with Crippen molar-refractivity contribution in [3.63, 3.8) is 0 Å². The van der Waals surface area contributed by atoms with Crippen LogP contribution in [0.5, 0.6) is 0 Å². The van der Waals surface area contributed by atoms with E-state index in [1.807, 2.05) is 0 Å². The highest BCUT2D eigenvalue weighted by atomic mass is 35.5. The fourth-order valence-corrected chi connectivity index (χ4v) is 1.68. The summed E-state index contributed by atoms with van der Waals surface area (Å²) < 4.78 is 1.31. The Labute approximate surface area is 112 Å². The van der Waals surface area contributed by atoms with Gasteiger partial charge in [-0.2, -0.15) is 0 Å². The SMILES string of the molecule is CC(Cl)c1cn(-c2ccc(Cl)cc2[N+](=O)[O-])nn1. The van der Waals surface area contributed by atoms with Crippen LogP contribution in [0.1, 0.15) is 18.0 Å². The third kappa shape index (κ3) is 2.44. The summed E-state index contributed by atoms with van der Waals surface area (Å²) in [6.45, 7) is 1.74.